The minimum absolute atomic E-state index is 0.245. The van der Waals surface area contributed by atoms with Crippen LogP contribution in [0, 0.1) is 0 Å². The second-order valence-electron chi connectivity index (χ2n) is 5.93. The molecule has 0 unspecified atom stereocenters. The number of anilines is 1. The number of fused-ring (bicyclic) bond motifs is 1. The molecular formula is C19H19N3O3. The molecule has 4 rings (SSSR count). The maximum Gasteiger partial charge on any atom is 0.291 e. The maximum atomic E-state index is 12.7. The van der Waals surface area contributed by atoms with E-state index in [1.807, 2.05) is 41.9 Å². The molecule has 0 saturated heterocycles. The summed E-state index contributed by atoms with van der Waals surface area (Å²) < 4.78 is 12.7. The Bertz CT molecular complexity index is 896. The molecule has 3 aromatic rings. The molecule has 0 fully saturated rings. The van der Waals surface area contributed by atoms with E-state index in [0.29, 0.717) is 31.1 Å². The number of carbonyl (C=O) groups is 1. The topological polar surface area (TPSA) is 69.3 Å². The van der Waals surface area contributed by atoms with E-state index in [0.717, 1.165) is 28.9 Å². The molecule has 1 aliphatic rings. The van der Waals surface area contributed by atoms with Gasteiger partial charge in [-0.05, 0) is 18.6 Å². The monoisotopic (exact) mass is 337 g/mol. The standard InChI is InChI=1S/C19H19N3O3/c1-2-17-16(10-20-22(17)14-6-4-3-5-7-14)21-19(23)18-15-8-9-24-11-13(15)12-25-18/h3-7,10,12H,2,8-9,11H2,1H3,(H,21,23). The highest BCUT2D eigenvalue weighted by Crippen LogP contribution is 2.25. The summed E-state index contributed by atoms with van der Waals surface area (Å²) in [4.78, 5) is 12.7. The van der Waals surface area contributed by atoms with Crippen LogP contribution in [0.15, 0.2) is 47.2 Å². The second kappa shape index (κ2) is 6.57. The number of carbonyl (C=O) groups excluding carboxylic acids is 1. The quantitative estimate of drug-likeness (QED) is 0.792. The van der Waals surface area contributed by atoms with E-state index in [9.17, 15) is 4.79 Å². The second-order valence-corrected chi connectivity index (χ2v) is 5.93. The van der Waals surface area contributed by atoms with Crippen molar-refractivity contribution in [3.05, 3.63) is 65.4 Å². The number of benzene rings is 1. The molecule has 2 aromatic heterocycles. The van der Waals surface area contributed by atoms with Gasteiger partial charge in [-0.1, -0.05) is 25.1 Å². The number of hydrogen-bond donors (Lipinski definition) is 1. The van der Waals surface area contributed by atoms with Crippen LogP contribution in [0.4, 0.5) is 5.69 Å². The number of rotatable bonds is 4. The van der Waals surface area contributed by atoms with Crippen molar-refractivity contribution in [3.63, 3.8) is 0 Å². The first-order chi connectivity index (χ1) is 12.3. The zero-order valence-electron chi connectivity index (χ0n) is 14.0. The van der Waals surface area contributed by atoms with Gasteiger partial charge in [0.1, 0.15) is 0 Å². The fourth-order valence-corrected chi connectivity index (χ4v) is 3.15. The first kappa shape index (κ1) is 15.7. The van der Waals surface area contributed by atoms with Gasteiger partial charge < -0.3 is 14.5 Å². The third-order valence-electron chi connectivity index (χ3n) is 4.39. The summed E-state index contributed by atoms with van der Waals surface area (Å²) in [7, 11) is 0. The smallest absolute Gasteiger partial charge is 0.291 e. The van der Waals surface area contributed by atoms with Gasteiger partial charge in [-0.2, -0.15) is 5.10 Å². The van der Waals surface area contributed by atoms with E-state index in [4.69, 9.17) is 9.15 Å². The number of hydrogen-bond acceptors (Lipinski definition) is 4. The van der Waals surface area contributed by atoms with Crippen molar-refractivity contribution in [2.24, 2.45) is 0 Å². The van der Waals surface area contributed by atoms with Crippen LogP contribution >= 0.6 is 0 Å². The lowest BCUT2D eigenvalue weighted by Crippen LogP contribution is -2.17. The van der Waals surface area contributed by atoms with Gasteiger partial charge in [-0.3, -0.25) is 4.79 Å². The molecule has 1 aliphatic heterocycles. The molecule has 0 spiro atoms. The van der Waals surface area contributed by atoms with Gasteiger partial charge in [0.2, 0.25) is 0 Å². The third kappa shape index (κ3) is 2.85. The van der Waals surface area contributed by atoms with Crippen LogP contribution in [0.3, 0.4) is 0 Å². The summed E-state index contributed by atoms with van der Waals surface area (Å²) in [5.41, 5.74) is 4.51. The first-order valence-corrected chi connectivity index (χ1v) is 8.38. The van der Waals surface area contributed by atoms with Crippen molar-refractivity contribution in [2.75, 3.05) is 11.9 Å². The summed E-state index contributed by atoms with van der Waals surface area (Å²) >= 11 is 0. The van der Waals surface area contributed by atoms with Crippen molar-refractivity contribution in [2.45, 2.75) is 26.4 Å². The van der Waals surface area contributed by atoms with E-state index in [1.165, 1.54) is 0 Å². The summed E-state index contributed by atoms with van der Waals surface area (Å²) in [6.07, 6.45) is 4.73. The van der Waals surface area contributed by atoms with Gasteiger partial charge in [0.15, 0.2) is 5.76 Å². The van der Waals surface area contributed by atoms with Crippen molar-refractivity contribution in [1.82, 2.24) is 9.78 Å². The lowest BCUT2D eigenvalue weighted by molar-refractivity contribution is 0.0988. The predicted octanol–water partition coefficient (Wildman–Crippen LogP) is 3.35. The fraction of sp³-hybridized carbons (Fsp3) is 0.263. The van der Waals surface area contributed by atoms with E-state index in [1.54, 1.807) is 12.5 Å². The van der Waals surface area contributed by atoms with Gasteiger partial charge in [-0.25, -0.2) is 4.68 Å². The Hall–Kier alpha value is -2.86. The van der Waals surface area contributed by atoms with Crippen molar-refractivity contribution >= 4 is 11.6 Å². The number of ether oxygens (including phenoxy) is 1. The zero-order valence-corrected chi connectivity index (χ0v) is 14.0. The molecule has 0 radical (unpaired) electrons. The highest BCUT2D eigenvalue weighted by molar-refractivity contribution is 6.03. The Morgan fingerprint density at radius 2 is 2.16 bits per heavy atom. The van der Waals surface area contributed by atoms with E-state index in [2.05, 4.69) is 10.4 Å². The average molecular weight is 337 g/mol. The van der Waals surface area contributed by atoms with Crippen molar-refractivity contribution in [3.8, 4) is 5.69 Å². The number of furan rings is 1. The lowest BCUT2D eigenvalue weighted by atomic mass is 10.1. The molecule has 0 aliphatic carbocycles. The molecular weight excluding hydrogens is 318 g/mol. The van der Waals surface area contributed by atoms with Crippen LogP contribution < -0.4 is 5.32 Å². The van der Waals surface area contributed by atoms with Gasteiger partial charge in [0, 0.05) is 17.5 Å². The van der Waals surface area contributed by atoms with Crippen LogP contribution in [-0.2, 0) is 24.2 Å². The van der Waals surface area contributed by atoms with E-state index in [-0.39, 0.29) is 5.91 Å². The maximum absolute atomic E-state index is 12.7. The number of amides is 1. The Kier molecular flexibility index (Phi) is 4.11. The molecule has 1 N–H and O–H groups in total. The van der Waals surface area contributed by atoms with Gasteiger partial charge in [-0.15, -0.1) is 0 Å². The zero-order chi connectivity index (χ0) is 17.2. The largest absolute Gasteiger partial charge is 0.458 e. The highest BCUT2D eigenvalue weighted by atomic mass is 16.5. The van der Waals surface area contributed by atoms with Crippen LogP contribution in [0.25, 0.3) is 5.69 Å². The number of nitrogens with one attached hydrogen (secondary N) is 1. The van der Waals surface area contributed by atoms with Crippen molar-refractivity contribution < 1.29 is 13.9 Å². The minimum atomic E-state index is -0.245. The first-order valence-electron chi connectivity index (χ1n) is 8.38. The summed E-state index contributed by atoms with van der Waals surface area (Å²) in [6.45, 7) is 3.15. The lowest BCUT2D eigenvalue weighted by Gasteiger charge is -2.12. The van der Waals surface area contributed by atoms with Gasteiger partial charge in [0.05, 0.1) is 42.7 Å². The van der Waals surface area contributed by atoms with Crippen LogP contribution in [0.2, 0.25) is 0 Å². The molecule has 0 saturated carbocycles. The molecule has 3 heterocycles. The predicted molar refractivity (Wildman–Crippen MR) is 93.0 cm³/mol. The highest BCUT2D eigenvalue weighted by Gasteiger charge is 2.24. The molecule has 0 atom stereocenters. The van der Waals surface area contributed by atoms with Crippen LogP contribution in [0.1, 0.15) is 34.3 Å². The average Bonchev–Trinajstić information content (AvgIpc) is 3.26. The molecule has 6 heteroatoms. The van der Waals surface area contributed by atoms with Crippen molar-refractivity contribution in [1.29, 1.82) is 0 Å². The van der Waals surface area contributed by atoms with E-state index >= 15 is 0 Å². The van der Waals surface area contributed by atoms with Gasteiger partial charge >= 0.3 is 0 Å². The number of aromatic nitrogens is 2. The molecule has 6 nitrogen and oxygen atoms in total. The minimum Gasteiger partial charge on any atom is -0.458 e. The summed E-state index contributed by atoms with van der Waals surface area (Å²) in [5.74, 6) is 0.123. The third-order valence-corrected chi connectivity index (χ3v) is 4.39. The molecule has 1 amide bonds. The number of nitrogens with zero attached hydrogens (tertiary/aromatic N) is 2. The summed E-state index contributed by atoms with van der Waals surface area (Å²) in [5, 5.41) is 7.38. The Morgan fingerprint density at radius 1 is 1.32 bits per heavy atom. The Morgan fingerprint density at radius 3 is 2.96 bits per heavy atom. The van der Waals surface area contributed by atoms with Gasteiger partial charge in [0.25, 0.3) is 5.91 Å². The van der Waals surface area contributed by atoms with Crippen LogP contribution in [-0.4, -0.2) is 22.3 Å². The molecule has 0 bridgehead atoms. The Balaban J connectivity index is 1.62. The molecule has 25 heavy (non-hydrogen) atoms. The number of para-hydroxylation sites is 1. The molecule has 128 valence electrons. The van der Waals surface area contributed by atoms with Crippen LogP contribution in [0.5, 0.6) is 0 Å². The SMILES string of the molecule is CCc1c(NC(=O)c2occ3c2CCOC3)cnn1-c1ccccc1. The Labute approximate surface area is 145 Å². The summed E-state index contributed by atoms with van der Waals surface area (Å²) in [6, 6.07) is 9.87. The van der Waals surface area contributed by atoms with E-state index < -0.39 is 0 Å². The fourth-order valence-electron chi connectivity index (χ4n) is 3.15. The molecule has 1 aromatic carbocycles. The normalized spacial score (nSPS) is 13.5.